The van der Waals surface area contributed by atoms with Crippen molar-refractivity contribution in [1.29, 1.82) is 5.26 Å². The van der Waals surface area contributed by atoms with E-state index >= 15 is 0 Å². The molecule has 1 saturated carbocycles. The van der Waals surface area contributed by atoms with E-state index < -0.39 is 0 Å². The molecule has 2 atom stereocenters. The number of nitriles is 1. The summed E-state index contributed by atoms with van der Waals surface area (Å²) in [6.07, 6.45) is 5.77. The Morgan fingerprint density at radius 3 is 2.56 bits per heavy atom. The van der Waals surface area contributed by atoms with Crippen molar-refractivity contribution in [2.24, 2.45) is 5.92 Å². The summed E-state index contributed by atoms with van der Waals surface area (Å²) in [5, 5.41) is 8.87. The van der Waals surface area contributed by atoms with Crippen molar-refractivity contribution in [3.05, 3.63) is 34.3 Å². The van der Waals surface area contributed by atoms with Crippen LogP contribution in [0.25, 0.3) is 0 Å². The second-order valence-corrected chi connectivity index (χ2v) is 5.48. The molecular weight excluding hydrogens is 262 g/mol. The zero-order valence-electron chi connectivity index (χ0n) is 9.32. The van der Waals surface area contributed by atoms with Crippen molar-refractivity contribution in [2.45, 2.75) is 38.0 Å². The molecule has 2 rings (SSSR count). The van der Waals surface area contributed by atoms with Crippen molar-refractivity contribution in [3.8, 4) is 6.07 Å². The zero-order chi connectivity index (χ0) is 11.4. The van der Waals surface area contributed by atoms with Gasteiger partial charge in [0, 0.05) is 10.9 Å². The molecular formula is C14H16BrN. The second kappa shape index (κ2) is 5.50. The van der Waals surface area contributed by atoms with E-state index in [0.29, 0.717) is 18.3 Å². The van der Waals surface area contributed by atoms with Crippen LogP contribution in [0.1, 0.15) is 43.6 Å². The third-order valence-electron chi connectivity index (χ3n) is 3.56. The largest absolute Gasteiger partial charge is 0.198 e. The van der Waals surface area contributed by atoms with Gasteiger partial charge in [0.05, 0.1) is 6.07 Å². The molecule has 0 spiro atoms. The number of hydrogen-bond acceptors (Lipinski definition) is 1. The Bertz CT molecular complexity index is 377. The highest BCUT2D eigenvalue weighted by Gasteiger charge is 2.25. The lowest BCUT2D eigenvalue weighted by Crippen LogP contribution is -2.17. The Kier molecular flexibility index (Phi) is 4.01. The Morgan fingerprint density at radius 2 is 1.88 bits per heavy atom. The number of halogens is 1. The molecule has 0 aliphatic heterocycles. The van der Waals surface area contributed by atoms with Gasteiger partial charge in [0.1, 0.15) is 0 Å². The number of hydrogen-bond donors (Lipinski definition) is 0. The molecule has 84 valence electrons. The van der Waals surface area contributed by atoms with Gasteiger partial charge in [-0.05, 0) is 42.4 Å². The first-order chi connectivity index (χ1) is 7.81. The van der Waals surface area contributed by atoms with Crippen LogP contribution in [0.15, 0.2) is 28.7 Å². The molecule has 0 amide bonds. The van der Waals surface area contributed by atoms with Gasteiger partial charge in [-0.15, -0.1) is 0 Å². The van der Waals surface area contributed by atoms with E-state index in [1.807, 2.05) is 0 Å². The van der Waals surface area contributed by atoms with Gasteiger partial charge < -0.3 is 0 Å². The SMILES string of the molecule is N#CCC1CCCCC1c1ccc(Br)cc1. The molecule has 0 heterocycles. The molecule has 0 N–H and O–H groups in total. The van der Waals surface area contributed by atoms with Crippen LogP contribution in [-0.2, 0) is 0 Å². The topological polar surface area (TPSA) is 23.8 Å². The van der Waals surface area contributed by atoms with Crippen LogP contribution >= 0.6 is 15.9 Å². The third kappa shape index (κ3) is 2.65. The summed E-state index contributed by atoms with van der Waals surface area (Å²) in [5.41, 5.74) is 1.41. The second-order valence-electron chi connectivity index (χ2n) is 4.56. The van der Waals surface area contributed by atoms with Crippen LogP contribution in [0, 0.1) is 17.2 Å². The molecule has 1 aromatic rings. The number of rotatable bonds is 2. The molecule has 0 saturated heterocycles. The maximum atomic E-state index is 8.87. The molecule has 1 aliphatic carbocycles. The van der Waals surface area contributed by atoms with E-state index in [-0.39, 0.29) is 0 Å². The minimum Gasteiger partial charge on any atom is -0.198 e. The van der Waals surface area contributed by atoms with Gasteiger partial charge in [0.25, 0.3) is 0 Å². The molecule has 1 aliphatic rings. The van der Waals surface area contributed by atoms with Crippen LogP contribution in [0.2, 0.25) is 0 Å². The van der Waals surface area contributed by atoms with E-state index in [9.17, 15) is 0 Å². The third-order valence-corrected chi connectivity index (χ3v) is 4.09. The Morgan fingerprint density at radius 1 is 1.19 bits per heavy atom. The fourth-order valence-corrected chi connectivity index (χ4v) is 2.98. The maximum absolute atomic E-state index is 8.87. The van der Waals surface area contributed by atoms with Gasteiger partial charge in [0.2, 0.25) is 0 Å². The fraction of sp³-hybridized carbons (Fsp3) is 0.500. The van der Waals surface area contributed by atoms with Crippen molar-refractivity contribution in [1.82, 2.24) is 0 Å². The summed E-state index contributed by atoms with van der Waals surface area (Å²) in [4.78, 5) is 0. The molecule has 0 radical (unpaired) electrons. The van der Waals surface area contributed by atoms with E-state index in [0.717, 1.165) is 4.47 Å². The highest BCUT2D eigenvalue weighted by Crippen LogP contribution is 2.39. The molecule has 2 unspecified atom stereocenters. The maximum Gasteiger partial charge on any atom is 0.0624 e. The summed E-state index contributed by atoms with van der Waals surface area (Å²) >= 11 is 3.46. The highest BCUT2D eigenvalue weighted by molar-refractivity contribution is 9.10. The summed E-state index contributed by atoms with van der Waals surface area (Å²) < 4.78 is 1.13. The van der Waals surface area contributed by atoms with Gasteiger partial charge in [-0.1, -0.05) is 40.9 Å². The quantitative estimate of drug-likeness (QED) is 0.773. The normalized spacial score (nSPS) is 25.0. The zero-order valence-corrected chi connectivity index (χ0v) is 10.9. The fourth-order valence-electron chi connectivity index (χ4n) is 2.72. The monoisotopic (exact) mass is 277 g/mol. The summed E-state index contributed by atoms with van der Waals surface area (Å²) in [5.74, 6) is 1.17. The van der Waals surface area contributed by atoms with Crippen molar-refractivity contribution in [3.63, 3.8) is 0 Å². The van der Waals surface area contributed by atoms with Gasteiger partial charge in [-0.25, -0.2) is 0 Å². The predicted molar refractivity (Wildman–Crippen MR) is 69.1 cm³/mol. The van der Waals surface area contributed by atoms with E-state index in [2.05, 4.69) is 46.3 Å². The van der Waals surface area contributed by atoms with E-state index in [1.165, 1.54) is 31.2 Å². The molecule has 0 aromatic heterocycles. The lowest BCUT2D eigenvalue weighted by molar-refractivity contribution is 0.312. The van der Waals surface area contributed by atoms with Crippen LogP contribution in [0.4, 0.5) is 0 Å². The summed E-state index contributed by atoms with van der Waals surface area (Å²) in [6, 6.07) is 10.9. The number of benzene rings is 1. The summed E-state index contributed by atoms with van der Waals surface area (Å²) in [7, 11) is 0. The van der Waals surface area contributed by atoms with Gasteiger partial charge in [0.15, 0.2) is 0 Å². The molecule has 16 heavy (non-hydrogen) atoms. The average molecular weight is 278 g/mol. The van der Waals surface area contributed by atoms with Crippen LogP contribution in [0.5, 0.6) is 0 Å². The van der Waals surface area contributed by atoms with Crippen molar-refractivity contribution in [2.75, 3.05) is 0 Å². The molecule has 1 fully saturated rings. The standard InChI is InChI=1S/C14H16BrN/c15-13-7-5-12(6-8-13)14-4-2-1-3-11(14)9-10-16/h5-8,11,14H,1-4,9H2. The first-order valence-electron chi connectivity index (χ1n) is 5.93. The average Bonchev–Trinajstić information content (AvgIpc) is 2.32. The van der Waals surface area contributed by atoms with Crippen molar-refractivity contribution >= 4 is 15.9 Å². The van der Waals surface area contributed by atoms with Gasteiger partial charge in [-0.3, -0.25) is 0 Å². The van der Waals surface area contributed by atoms with E-state index in [4.69, 9.17) is 5.26 Å². The minimum absolute atomic E-state index is 0.569. The van der Waals surface area contributed by atoms with Crippen molar-refractivity contribution < 1.29 is 0 Å². The Hall–Kier alpha value is -0.810. The smallest absolute Gasteiger partial charge is 0.0624 e. The predicted octanol–water partition coefficient (Wildman–Crippen LogP) is 4.64. The van der Waals surface area contributed by atoms with Gasteiger partial charge >= 0.3 is 0 Å². The Labute approximate surface area is 106 Å². The first kappa shape index (κ1) is 11.7. The molecule has 2 heteroatoms. The van der Waals surface area contributed by atoms with E-state index in [1.54, 1.807) is 0 Å². The molecule has 1 nitrogen and oxygen atoms in total. The van der Waals surface area contributed by atoms with Crippen LogP contribution < -0.4 is 0 Å². The molecule has 0 bridgehead atoms. The number of nitrogens with zero attached hydrogens (tertiary/aromatic N) is 1. The van der Waals surface area contributed by atoms with Gasteiger partial charge in [-0.2, -0.15) is 5.26 Å². The highest BCUT2D eigenvalue weighted by atomic mass is 79.9. The lowest BCUT2D eigenvalue weighted by Gasteiger charge is -2.30. The van der Waals surface area contributed by atoms with Crippen LogP contribution in [0.3, 0.4) is 0 Å². The molecule has 1 aromatic carbocycles. The lowest BCUT2D eigenvalue weighted by atomic mass is 9.74. The van der Waals surface area contributed by atoms with Crippen LogP contribution in [-0.4, -0.2) is 0 Å². The Balaban J connectivity index is 2.16. The summed E-state index contributed by atoms with van der Waals surface area (Å²) in [6.45, 7) is 0. The first-order valence-corrected chi connectivity index (χ1v) is 6.73. The minimum atomic E-state index is 0.569.